The van der Waals surface area contributed by atoms with Crippen LogP contribution in [0.2, 0.25) is 0 Å². The fraction of sp³-hybridized carbons (Fsp3) is 0.276. The van der Waals surface area contributed by atoms with Crippen molar-refractivity contribution in [1.29, 1.82) is 0 Å². The SMILES string of the molecule is CC1(Cc2ccccc2)C=CC(C(=O)C2=CCC(C)(Cc3ccccc3)C=C2)=CC1. The first-order valence-corrected chi connectivity index (χ1v) is 10.9. The fourth-order valence-corrected chi connectivity index (χ4v) is 4.43. The highest BCUT2D eigenvalue weighted by Gasteiger charge is 2.28. The second-order valence-electron chi connectivity index (χ2n) is 9.36. The van der Waals surface area contributed by atoms with E-state index in [0.29, 0.717) is 0 Å². The van der Waals surface area contributed by atoms with Crippen LogP contribution in [-0.4, -0.2) is 5.78 Å². The summed E-state index contributed by atoms with van der Waals surface area (Å²) in [5.74, 6) is 0.144. The third kappa shape index (κ3) is 4.79. The van der Waals surface area contributed by atoms with Crippen LogP contribution >= 0.6 is 0 Å². The summed E-state index contributed by atoms with van der Waals surface area (Å²) in [6.45, 7) is 4.53. The zero-order valence-corrected chi connectivity index (χ0v) is 18.0. The average Bonchev–Trinajstić information content (AvgIpc) is 2.75. The van der Waals surface area contributed by atoms with Crippen molar-refractivity contribution in [1.82, 2.24) is 0 Å². The Hall–Kier alpha value is -2.93. The molecule has 0 heterocycles. The van der Waals surface area contributed by atoms with Crippen LogP contribution in [-0.2, 0) is 17.6 Å². The van der Waals surface area contributed by atoms with Crippen LogP contribution in [0.1, 0.15) is 37.8 Å². The summed E-state index contributed by atoms with van der Waals surface area (Å²) in [5.41, 5.74) is 4.45. The van der Waals surface area contributed by atoms with Crippen molar-refractivity contribution < 1.29 is 4.79 Å². The van der Waals surface area contributed by atoms with Crippen LogP contribution in [0.5, 0.6) is 0 Å². The Morgan fingerprint density at radius 1 is 0.700 bits per heavy atom. The Bertz CT molecular complexity index is 939. The highest BCUT2D eigenvalue weighted by atomic mass is 16.1. The summed E-state index contributed by atoms with van der Waals surface area (Å²) in [5, 5.41) is 0. The van der Waals surface area contributed by atoms with Gasteiger partial charge in [-0.25, -0.2) is 0 Å². The third-order valence-corrected chi connectivity index (χ3v) is 6.33. The third-order valence-electron chi connectivity index (χ3n) is 6.33. The zero-order valence-electron chi connectivity index (χ0n) is 18.0. The van der Waals surface area contributed by atoms with Crippen LogP contribution < -0.4 is 0 Å². The minimum Gasteiger partial charge on any atom is -0.289 e. The molecule has 0 radical (unpaired) electrons. The molecule has 2 aliphatic rings. The normalized spacial score (nSPS) is 25.5. The zero-order chi connectivity index (χ0) is 21.0. The first-order chi connectivity index (χ1) is 14.4. The van der Waals surface area contributed by atoms with Gasteiger partial charge in [-0.15, -0.1) is 0 Å². The van der Waals surface area contributed by atoms with Crippen LogP contribution in [0, 0.1) is 10.8 Å². The predicted molar refractivity (Wildman–Crippen MR) is 125 cm³/mol. The van der Waals surface area contributed by atoms with Crippen LogP contribution in [0.15, 0.2) is 108 Å². The quantitative estimate of drug-likeness (QED) is 0.525. The number of Topliss-reactive ketones (excluding diaryl/α,β-unsaturated/α-hetero) is 1. The Kier molecular flexibility index (Phi) is 5.72. The van der Waals surface area contributed by atoms with Crippen molar-refractivity contribution in [2.45, 2.75) is 39.5 Å². The molecule has 2 aromatic rings. The molecule has 152 valence electrons. The van der Waals surface area contributed by atoms with E-state index in [1.54, 1.807) is 0 Å². The van der Waals surface area contributed by atoms with E-state index in [-0.39, 0.29) is 16.6 Å². The molecule has 2 unspecified atom stereocenters. The molecule has 0 saturated heterocycles. The minimum atomic E-state index is 0.0656. The van der Waals surface area contributed by atoms with Crippen LogP contribution in [0.4, 0.5) is 0 Å². The number of hydrogen-bond acceptors (Lipinski definition) is 1. The van der Waals surface area contributed by atoms with Crippen molar-refractivity contribution in [3.8, 4) is 0 Å². The van der Waals surface area contributed by atoms with Gasteiger partial charge in [0.15, 0.2) is 5.78 Å². The van der Waals surface area contributed by atoms with E-state index in [2.05, 4.69) is 98.8 Å². The molecule has 2 aromatic carbocycles. The lowest BCUT2D eigenvalue weighted by molar-refractivity contribution is -0.111. The van der Waals surface area contributed by atoms with Gasteiger partial charge in [0.25, 0.3) is 0 Å². The second-order valence-corrected chi connectivity index (χ2v) is 9.36. The van der Waals surface area contributed by atoms with Gasteiger partial charge in [0, 0.05) is 11.1 Å². The lowest BCUT2D eigenvalue weighted by atomic mass is 9.74. The van der Waals surface area contributed by atoms with E-state index in [1.165, 1.54) is 11.1 Å². The van der Waals surface area contributed by atoms with Gasteiger partial charge in [-0.05, 0) is 47.6 Å². The number of carbonyl (C=O) groups excluding carboxylic acids is 1. The van der Waals surface area contributed by atoms with Crippen LogP contribution in [0.25, 0.3) is 0 Å². The molecule has 0 fully saturated rings. The smallest absolute Gasteiger partial charge is 0.192 e. The number of ketones is 1. The Labute approximate surface area is 180 Å². The standard InChI is InChI=1S/C29H30O/c1-28(21-23-9-5-3-6-10-23)17-13-25(14-18-28)27(30)26-15-19-29(2,20-16-26)22-24-11-7-4-8-12-24/h3-17,19H,18,20-22H2,1-2H3. The molecule has 0 saturated carbocycles. The molecule has 2 atom stereocenters. The molecular formula is C29H30O. The molecule has 1 nitrogen and oxygen atoms in total. The number of allylic oxidation sites excluding steroid dienone is 8. The molecule has 0 spiro atoms. The van der Waals surface area contributed by atoms with E-state index < -0.39 is 0 Å². The topological polar surface area (TPSA) is 17.1 Å². The van der Waals surface area contributed by atoms with Crippen molar-refractivity contribution in [2.24, 2.45) is 10.8 Å². The van der Waals surface area contributed by atoms with Crippen molar-refractivity contribution >= 4 is 5.78 Å². The first kappa shape index (κ1) is 20.3. The summed E-state index contributed by atoms with van der Waals surface area (Å²) in [6.07, 6.45) is 16.5. The van der Waals surface area contributed by atoms with Gasteiger partial charge in [0.05, 0.1) is 0 Å². The van der Waals surface area contributed by atoms with Gasteiger partial charge in [-0.3, -0.25) is 4.79 Å². The van der Waals surface area contributed by atoms with Crippen molar-refractivity contribution in [3.05, 3.63) is 119 Å². The maximum absolute atomic E-state index is 13.1. The summed E-state index contributed by atoms with van der Waals surface area (Å²) in [7, 11) is 0. The number of rotatable bonds is 6. The number of carbonyl (C=O) groups is 1. The van der Waals surface area contributed by atoms with Gasteiger partial charge in [0.1, 0.15) is 0 Å². The van der Waals surface area contributed by atoms with E-state index in [1.807, 2.05) is 12.2 Å². The van der Waals surface area contributed by atoms with Gasteiger partial charge in [0.2, 0.25) is 0 Å². The summed E-state index contributed by atoms with van der Waals surface area (Å²) in [4.78, 5) is 13.1. The number of benzene rings is 2. The maximum Gasteiger partial charge on any atom is 0.192 e. The highest BCUT2D eigenvalue weighted by molar-refractivity contribution is 6.12. The molecule has 4 rings (SSSR count). The first-order valence-electron chi connectivity index (χ1n) is 10.9. The van der Waals surface area contributed by atoms with Gasteiger partial charge < -0.3 is 0 Å². The molecular weight excluding hydrogens is 364 g/mol. The fourth-order valence-electron chi connectivity index (χ4n) is 4.43. The molecule has 0 aromatic heterocycles. The molecule has 0 amide bonds. The number of hydrogen-bond donors (Lipinski definition) is 0. The Morgan fingerprint density at radius 3 is 1.43 bits per heavy atom. The summed E-state index contributed by atoms with van der Waals surface area (Å²) < 4.78 is 0. The molecule has 30 heavy (non-hydrogen) atoms. The molecule has 2 aliphatic carbocycles. The van der Waals surface area contributed by atoms with Gasteiger partial charge in [-0.2, -0.15) is 0 Å². The predicted octanol–water partition coefficient (Wildman–Crippen LogP) is 6.83. The lowest BCUT2D eigenvalue weighted by Crippen LogP contribution is -2.22. The molecule has 0 N–H and O–H groups in total. The molecule has 1 heteroatoms. The second kappa shape index (κ2) is 8.44. The van der Waals surface area contributed by atoms with E-state index in [4.69, 9.17) is 0 Å². The van der Waals surface area contributed by atoms with Crippen molar-refractivity contribution in [3.63, 3.8) is 0 Å². The molecule has 0 bridgehead atoms. The van der Waals surface area contributed by atoms with Crippen molar-refractivity contribution in [2.75, 3.05) is 0 Å². The van der Waals surface area contributed by atoms with E-state index >= 15 is 0 Å². The average molecular weight is 395 g/mol. The summed E-state index contributed by atoms with van der Waals surface area (Å²) in [6, 6.07) is 21.1. The van der Waals surface area contributed by atoms with Gasteiger partial charge >= 0.3 is 0 Å². The summed E-state index contributed by atoms with van der Waals surface area (Å²) >= 11 is 0. The van der Waals surface area contributed by atoms with E-state index in [9.17, 15) is 4.79 Å². The Morgan fingerprint density at radius 2 is 1.10 bits per heavy atom. The Balaban J connectivity index is 1.39. The van der Waals surface area contributed by atoms with Crippen LogP contribution in [0.3, 0.4) is 0 Å². The largest absolute Gasteiger partial charge is 0.289 e. The monoisotopic (exact) mass is 394 g/mol. The van der Waals surface area contributed by atoms with Gasteiger partial charge in [-0.1, -0.05) is 111 Å². The lowest BCUT2D eigenvalue weighted by Gasteiger charge is -2.29. The highest BCUT2D eigenvalue weighted by Crippen LogP contribution is 2.36. The minimum absolute atomic E-state index is 0.0656. The molecule has 0 aliphatic heterocycles. The van der Waals surface area contributed by atoms with E-state index in [0.717, 1.165) is 36.8 Å². The maximum atomic E-state index is 13.1.